The van der Waals surface area contributed by atoms with Crippen LogP contribution in [0.25, 0.3) is 0 Å². The topological polar surface area (TPSA) is 172 Å². The third kappa shape index (κ3) is 25.8. The van der Waals surface area contributed by atoms with Crippen molar-refractivity contribution < 1.29 is 57.4 Å². The number of hydrogen-bond acceptors (Lipinski definition) is 11. The van der Waals surface area contributed by atoms with E-state index in [0.29, 0.717) is 30.3 Å². The van der Waals surface area contributed by atoms with Crippen LogP contribution in [0.1, 0.15) is 123 Å². The number of rotatable bonds is 31. The number of quaternary nitrogens is 1. The van der Waals surface area contributed by atoms with E-state index >= 15 is 0 Å². The number of aliphatic hydroxyl groups is 3. The SMILES string of the molecule is CCCC/C=C\CCCCCCCC(=O)OC[C@H](COP(=O)([O-])OCC[N+](C)(C)C)OC(=O)C/C=C\C[C@H]1[C@@H](/C=C/[C@H](O)CCCCC)[C@H](O)C[C@@H]1O. The Morgan fingerprint density at radius 1 is 0.849 bits per heavy atom. The van der Waals surface area contributed by atoms with E-state index in [4.69, 9.17) is 18.5 Å². The van der Waals surface area contributed by atoms with E-state index < -0.39 is 50.8 Å². The van der Waals surface area contributed by atoms with Gasteiger partial charge in [-0.25, -0.2) is 0 Å². The van der Waals surface area contributed by atoms with Gasteiger partial charge in [-0.1, -0.05) is 102 Å². The quantitative estimate of drug-likeness (QED) is 0.0237. The minimum atomic E-state index is -4.71. The van der Waals surface area contributed by atoms with E-state index in [1.807, 2.05) is 21.1 Å². The minimum Gasteiger partial charge on any atom is -0.756 e. The smallest absolute Gasteiger partial charge is 0.310 e. The first-order chi connectivity index (χ1) is 25.2. The van der Waals surface area contributed by atoms with Gasteiger partial charge in [-0.15, -0.1) is 0 Å². The zero-order valence-corrected chi connectivity index (χ0v) is 34.2. The van der Waals surface area contributed by atoms with Crippen LogP contribution in [0.3, 0.4) is 0 Å². The molecular weight excluding hydrogens is 701 g/mol. The summed E-state index contributed by atoms with van der Waals surface area (Å²) in [5.41, 5.74) is 0. The van der Waals surface area contributed by atoms with Crippen molar-refractivity contribution in [2.24, 2.45) is 11.8 Å². The van der Waals surface area contributed by atoms with E-state index in [-0.39, 0.29) is 44.3 Å². The number of phosphoric acid groups is 1. The van der Waals surface area contributed by atoms with Crippen LogP contribution in [-0.2, 0) is 32.7 Å². The van der Waals surface area contributed by atoms with E-state index in [1.54, 1.807) is 24.3 Å². The molecule has 3 N–H and O–H groups in total. The highest BCUT2D eigenvalue weighted by Crippen LogP contribution is 2.38. The molecule has 1 aliphatic rings. The average Bonchev–Trinajstić information content (AvgIpc) is 3.36. The van der Waals surface area contributed by atoms with Crippen LogP contribution in [0.15, 0.2) is 36.5 Å². The first-order valence-electron chi connectivity index (χ1n) is 20.0. The van der Waals surface area contributed by atoms with Crippen LogP contribution in [0.2, 0.25) is 0 Å². The van der Waals surface area contributed by atoms with Crippen LogP contribution in [-0.4, -0.2) is 104 Å². The molecule has 0 saturated heterocycles. The molecule has 0 amide bonds. The molecule has 1 aliphatic carbocycles. The zero-order chi connectivity index (χ0) is 39.5. The van der Waals surface area contributed by atoms with Crippen molar-refractivity contribution in [2.45, 2.75) is 147 Å². The van der Waals surface area contributed by atoms with E-state index in [0.717, 1.165) is 57.8 Å². The first-order valence-corrected chi connectivity index (χ1v) is 21.4. The maximum atomic E-state index is 12.8. The molecule has 0 radical (unpaired) electrons. The number of phosphoric ester groups is 1. The van der Waals surface area contributed by atoms with Crippen LogP contribution >= 0.6 is 7.82 Å². The lowest BCUT2D eigenvalue weighted by Gasteiger charge is -2.28. The van der Waals surface area contributed by atoms with Gasteiger partial charge in [-0.2, -0.15) is 0 Å². The fourth-order valence-corrected chi connectivity index (χ4v) is 6.69. The summed E-state index contributed by atoms with van der Waals surface area (Å²) in [5, 5.41) is 31.3. The van der Waals surface area contributed by atoms with Crippen molar-refractivity contribution in [3.63, 3.8) is 0 Å². The Balaban J connectivity index is 2.65. The molecule has 0 aromatic rings. The van der Waals surface area contributed by atoms with Gasteiger partial charge in [0.2, 0.25) is 0 Å². The lowest BCUT2D eigenvalue weighted by atomic mass is 9.89. The van der Waals surface area contributed by atoms with Gasteiger partial charge in [0, 0.05) is 18.8 Å². The molecule has 7 atom stereocenters. The second-order valence-electron chi connectivity index (χ2n) is 15.3. The van der Waals surface area contributed by atoms with Gasteiger partial charge in [0.25, 0.3) is 7.82 Å². The second-order valence-corrected chi connectivity index (χ2v) is 16.7. The Morgan fingerprint density at radius 3 is 2.23 bits per heavy atom. The Kier molecular flexibility index (Phi) is 26.4. The summed E-state index contributed by atoms with van der Waals surface area (Å²) in [4.78, 5) is 37.6. The molecular formula is C40H72NO11P. The predicted molar refractivity (Wildman–Crippen MR) is 206 cm³/mol. The number of hydrogen-bond donors (Lipinski definition) is 3. The lowest BCUT2D eigenvalue weighted by Crippen LogP contribution is -2.37. The molecule has 53 heavy (non-hydrogen) atoms. The summed E-state index contributed by atoms with van der Waals surface area (Å²) in [5.74, 6) is -1.79. The van der Waals surface area contributed by atoms with Crippen molar-refractivity contribution in [3.8, 4) is 0 Å². The summed E-state index contributed by atoms with van der Waals surface area (Å²) in [6.07, 6.45) is 21.7. The Bertz CT molecular complexity index is 1120. The molecule has 1 fully saturated rings. The van der Waals surface area contributed by atoms with Crippen molar-refractivity contribution >= 4 is 19.8 Å². The molecule has 0 spiro atoms. The normalized spacial score (nSPS) is 21.8. The van der Waals surface area contributed by atoms with Gasteiger partial charge in [0.1, 0.15) is 19.8 Å². The predicted octanol–water partition coefficient (Wildman–Crippen LogP) is 6.32. The van der Waals surface area contributed by atoms with Crippen LogP contribution in [0.4, 0.5) is 0 Å². The van der Waals surface area contributed by atoms with E-state index in [9.17, 15) is 34.4 Å². The van der Waals surface area contributed by atoms with Gasteiger partial charge < -0.3 is 43.2 Å². The molecule has 0 heterocycles. The Morgan fingerprint density at radius 2 is 1.53 bits per heavy atom. The summed E-state index contributed by atoms with van der Waals surface area (Å²) < 4.78 is 33.6. The van der Waals surface area contributed by atoms with Crippen molar-refractivity contribution in [2.75, 3.05) is 47.5 Å². The summed E-state index contributed by atoms with van der Waals surface area (Å²) >= 11 is 0. The van der Waals surface area contributed by atoms with Crippen molar-refractivity contribution in [1.29, 1.82) is 0 Å². The number of allylic oxidation sites excluding steroid dienone is 3. The molecule has 0 bridgehead atoms. The molecule has 0 aromatic heterocycles. The van der Waals surface area contributed by atoms with E-state index in [2.05, 4.69) is 26.0 Å². The molecule has 0 aromatic carbocycles. The standard InChI is InChI=1S/C40H72NO11P/c1-6-8-10-11-12-13-14-15-16-17-19-24-39(45)49-31-34(32-51-53(47,48)50-29-28-41(3,4)5)52-40(46)25-21-20-23-35-36(38(44)30-37(35)43)27-26-33(42)22-18-9-7-2/h11-12,20-21,26-27,33-38,42-44H,6-10,13-19,22-25,28-32H2,1-5H3/b12-11-,21-20-,27-26+/t33-,34-,35+,36-,37+,38-/m1/s1. The number of unbranched alkanes of at least 4 members (excludes halogenated alkanes) is 9. The lowest BCUT2D eigenvalue weighted by molar-refractivity contribution is -0.870. The number of ether oxygens (including phenoxy) is 2. The van der Waals surface area contributed by atoms with Gasteiger partial charge >= 0.3 is 11.9 Å². The Hall–Kier alpha value is -1.89. The number of carbonyl (C=O) groups excluding carboxylic acids is 2. The minimum absolute atomic E-state index is 0.0902. The summed E-state index contributed by atoms with van der Waals surface area (Å²) in [6.45, 7) is 3.66. The molecule has 1 unspecified atom stereocenters. The molecule has 12 nitrogen and oxygen atoms in total. The fraction of sp³-hybridized carbons (Fsp3) is 0.800. The third-order valence-electron chi connectivity index (χ3n) is 9.24. The van der Waals surface area contributed by atoms with Crippen LogP contribution < -0.4 is 4.89 Å². The zero-order valence-electron chi connectivity index (χ0n) is 33.3. The van der Waals surface area contributed by atoms with Gasteiger partial charge in [-0.05, 0) is 44.4 Å². The first kappa shape index (κ1) is 49.1. The summed E-state index contributed by atoms with van der Waals surface area (Å²) in [6, 6.07) is 0. The third-order valence-corrected chi connectivity index (χ3v) is 10.2. The number of carbonyl (C=O) groups is 2. The molecule has 0 aliphatic heterocycles. The van der Waals surface area contributed by atoms with Crippen molar-refractivity contribution in [1.82, 2.24) is 0 Å². The number of esters is 2. The number of likely N-dealkylation sites (N-methyl/N-ethyl adjacent to an activating group) is 1. The highest BCUT2D eigenvalue weighted by molar-refractivity contribution is 7.45. The maximum Gasteiger partial charge on any atom is 0.310 e. The maximum absolute atomic E-state index is 12.8. The van der Waals surface area contributed by atoms with E-state index in [1.165, 1.54) is 12.8 Å². The number of nitrogens with zero attached hydrogens (tertiary/aromatic N) is 1. The molecule has 1 rings (SSSR count). The highest BCUT2D eigenvalue weighted by Gasteiger charge is 2.39. The number of aliphatic hydroxyl groups excluding tert-OH is 3. The second kappa shape index (κ2) is 28.5. The van der Waals surface area contributed by atoms with Gasteiger partial charge in [0.05, 0.1) is 52.5 Å². The Labute approximate surface area is 319 Å². The molecule has 1 saturated carbocycles. The monoisotopic (exact) mass is 773 g/mol. The summed E-state index contributed by atoms with van der Waals surface area (Å²) in [7, 11) is 0.960. The van der Waals surface area contributed by atoms with Gasteiger partial charge in [-0.3, -0.25) is 14.2 Å². The van der Waals surface area contributed by atoms with Gasteiger partial charge in [0.15, 0.2) is 6.10 Å². The van der Waals surface area contributed by atoms with Crippen LogP contribution in [0, 0.1) is 11.8 Å². The highest BCUT2D eigenvalue weighted by atomic mass is 31.2. The molecule has 308 valence electrons. The van der Waals surface area contributed by atoms with Crippen molar-refractivity contribution in [3.05, 3.63) is 36.5 Å². The largest absolute Gasteiger partial charge is 0.756 e. The average molecular weight is 774 g/mol. The van der Waals surface area contributed by atoms with Crippen LogP contribution in [0.5, 0.6) is 0 Å². The fourth-order valence-electron chi connectivity index (χ4n) is 5.96. The molecule has 13 heteroatoms.